The van der Waals surface area contributed by atoms with Crippen molar-refractivity contribution in [3.63, 3.8) is 0 Å². The molecule has 2 N–H and O–H groups in total. The smallest absolute Gasteiger partial charge is 0.0681 e. The van der Waals surface area contributed by atoms with E-state index in [1.54, 1.807) is 0 Å². The van der Waals surface area contributed by atoms with Gasteiger partial charge < -0.3 is 10.4 Å². The summed E-state index contributed by atoms with van der Waals surface area (Å²) in [5.74, 6) is 0. The fourth-order valence-corrected chi connectivity index (χ4v) is 1.88. The van der Waals surface area contributed by atoms with E-state index in [-0.39, 0.29) is 6.61 Å². The Morgan fingerprint density at radius 2 is 2.38 bits per heavy atom. The highest BCUT2D eigenvalue weighted by molar-refractivity contribution is 5.26. The molecule has 0 bridgehead atoms. The van der Waals surface area contributed by atoms with Crippen LogP contribution in [0.15, 0.2) is 24.3 Å². The first-order valence-corrected chi connectivity index (χ1v) is 4.83. The molecule has 2 heteroatoms. The summed E-state index contributed by atoms with van der Waals surface area (Å²) in [6.45, 7) is 1.26. The topological polar surface area (TPSA) is 32.3 Å². The first kappa shape index (κ1) is 8.73. The van der Waals surface area contributed by atoms with Crippen LogP contribution in [0, 0.1) is 0 Å². The zero-order valence-electron chi connectivity index (χ0n) is 7.66. The number of benzene rings is 1. The molecule has 0 amide bonds. The van der Waals surface area contributed by atoms with Crippen molar-refractivity contribution in [1.29, 1.82) is 0 Å². The van der Waals surface area contributed by atoms with Crippen molar-refractivity contribution in [3.8, 4) is 0 Å². The third kappa shape index (κ3) is 1.90. The van der Waals surface area contributed by atoms with E-state index in [0.29, 0.717) is 6.04 Å². The van der Waals surface area contributed by atoms with Gasteiger partial charge in [0.1, 0.15) is 0 Å². The van der Waals surface area contributed by atoms with Crippen molar-refractivity contribution in [2.24, 2.45) is 0 Å². The molecule has 70 valence electrons. The van der Waals surface area contributed by atoms with Gasteiger partial charge in [-0.05, 0) is 30.5 Å². The number of nitrogens with one attached hydrogen (secondary N) is 1. The predicted molar refractivity (Wildman–Crippen MR) is 52.3 cm³/mol. The second kappa shape index (κ2) is 3.90. The molecular formula is C11H15NO. The molecule has 1 heterocycles. The molecule has 0 aliphatic carbocycles. The van der Waals surface area contributed by atoms with Gasteiger partial charge in [-0.3, -0.25) is 0 Å². The van der Waals surface area contributed by atoms with Gasteiger partial charge in [-0.15, -0.1) is 0 Å². The lowest BCUT2D eigenvalue weighted by Gasteiger charge is -2.11. The van der Waals surface area contributed by atoms with Gasteiger partial charge >= 0.3 is 0 Å². The molecule has 1 fully saturated rings. The highest BCUT2D eigenvalue weighted by Gasteiger charge is 2.15. The van der Waals surface area contributed by atoms with E-state index in [2.05, 4.69) is 17.4 Å². The number of aliphatic hydroxyl groups is 1. The maximum absolute atomic E-state index is 8.98. The second-order valence-electron chi connectivity index (χ2n) is 3.55. The minimum absolute atomic E-state index is 0.139. The average molecular weight is 177 g/mol. The number of hydrogen-bond donors (Lipinski definition) is 2. The van der Waals surface area contributed by atoms with Gasteiger partial charge in [0.2, 0.25) is 0 Å². The molecular weight excluding hydrogens is 162 g/mol. The largest absolute Gasteiger partial charge is 0.392 e. The standard InChI is InChI=1S/C11H15NO/c13-8-9-3-1-4-10(7-9)11-5-2-6-12-11/h1,3-4,7,11-13H,2,5-6,8H2/t11-/m0/s1. The molecule has 0 aromatic heterocycles. The zero-order valence-corrected chi connectivity index (χ0v) is 7.66. The van der Waals surface area contributed by atoms with Crippen molar-refractivity contribution in [1.82, 2.24) is 5.32 Å². The normalized spacial score (nSPS) is 22.1. The Kier molecular flexibility index (Phi) is 2.62. The summed E-state index contributed by atoms with van der Waals surface area (Å²) >= 11 is 0. The first-order chi connectivity index (χ1) is 6.40. The Bertz CT molecular complexity index is 279. The molecule has 2 rings (SSSR count). The van der Waals surface area contributed by atoms with Crippen molar-refractivity contribution in [3.05, 3.63) is 35.4 Å². The SMILES string of the molecule is OCc1cccc([C@@H]2CCCN2)c1. The van der Waals surface area contributed by atoms with E-state index in [4.69, 9.17) is 5.11 Å². The van der Waals surface area contributed by atoms with Crippen LogP contribution in [0.3, 0.4) is 0 Å². The average Bonchev–Trinajstić information content (AvgIpc) is 2.71. The monoisotopic (exact) mass is 177 g/mol. The van der Waals surface area contributed by atoms with Gasteiger partial charge in [-0.25, -0.2) is 0 Å². The number of rotatable bonds is 2. The Labute approximate surface area is 78.6 Å². The van der Waals surface area contributed by atoms with Crippen LogP contribution in [-0.4, -0.2) is 11.7 Å². The summed E-state index contributed by atoms with van der Waals surface area (Å²) in [5, 5.41) is 12.4. The zero-order chi connectivity index (χ0) is 9.10. The molecule has 0 spiro atoms. The molecule has 1 aromatic rings. The molecule has 1 aromatic carbocycles. The highest BCUT2D eigenvalue weighted by Crippen LogP contribution is 2.23. The van der Waals surface area contributed by atoms with Crippen LogP contribution in [0.1, 0.15) is 30.0 Å². The molecule has 1 saturated heterocycles. The summed E-state index contributed by atoms with van der Waals surface area (Å²) < 4.78 is 0. The Morgan fingerprint density at radius 1 is 1.46 bits per heavy atom. The lowest BCUT2D eigenvalue weighted by Crippen LogP contribution is -2.12. The van der Waals surface area contributed by atoms with Gasteiger partial charge in [-0.1, -0.05) is 24.3 Å². The van der Waals surface area contributed by atoms with Crippen LogP contribution in [0.25, 0.3) is 0 Å². The summed E-state index contributed by atoms with van der Waals surface area (Å²) in [7, 11) is 0. The Hall–Kier alpha value is -0.860. The molecule has 1 aliphatic heterocycles. The Balaban J connectivity index is 2.18. The second-order valence-corrected chi connectivity index (χ2v) is 3.55. The van der Waals surface area contributed by atoms with Crippen molar-refractivity contribution < 1.29 is 5.11 Å². The van der Waals surface area contributed by atoms with Crippen LogP contribution >= 0.6 is 0 Å². The van der Waals surface area contributed by atoms with Gasteiger partial charge in [-0.2, -0.15) is 0 Å². The molecule has 0 unspecified atom stereocenters. The number of aliphatic hydroxyl groups excluding tert-OH is 1. The first-order valence-electron chi connectivity index (χ1n) is 4.83. The van der Waals surface area contributed by atoms with E-state index >= 15 is 0 Å². The lowest BCUT2D eigenvalue weighted by atomic mass is 10.0. The summed E-state index contributed by atoms with van der Waals surface area (Å²) in [6, 6.07) is 8.69. The van der Waals surface area contributed by atoms with E-state index < -0.39 is 0 Å². The maximum Gasteiger partial charge on any atom is 0.0681 e. The van der Waals surface area contributed by atoms with E-state index in [0.717, 1.165) is 12.1 Å². The maximum atomic E-state index is 8.98. The van der Waals surface area contributed by atoms with E-state index in [1.807, 2.05) is 12.1 Å². The van der Waals surface area contributed by atoms with Gasteiger partial charge in [0.25, 0.3) is 0 Å². The molecule has 1 atom stereocenters. The van der Waals surface area contributed by atoms with E-state index in [9.17, 15) is 0 Å². The minimum Gasteiger partial charge on any atom is -0.392 e. The van der Waals surface area contributed by atoms with Crippen LogP contribution < -0.4 is 5.32 Å². The van der Waals surface area contributed by atoms with Crippen LogP contribution in [-0.2, 0) is 6.61 Å². The fourth-order valence-electron chi connectivity index (χ4n) is 1.88. The summed E-state index contributed by atoms with van der Waals surface area (Å²) in [4.78, 5) is 0. The Morgan fingerprint density at radius 3 is 3.08 bits per heavy atom. The van der Waals surface area contributed by atoms with Crippen LogP contribution in [0.5, 0.6) is 0 Å². The van der Waals surface area contributed by atoms with Crippen molar-refractivity contribution in [2.75, 3.05) is 6.54 Å². The van der Waals surface area contributed by atoms with E-state index in [1.165, 1.54) is 18.4 Å². The molecule has 0 radical (unpaired) electrons. The predicted octanol–water partition coefficient (Wildman–Crippen LogP) is 1.60. The highest BCUT2D eigenvalue weighted by atomic mass is 16.3. The van der Waals surface area contributed by atoms with Gasteiger partial charge in [0.15, 0.2) is 0 Å². The third-order valence-electron chi connectivity index (χ3n) is 2.60. The van der Waals surface area contributed by atoms with Crippen molar-refractivity contribution >= 4 is 0 Å². The molecule has 13 heavy (non-hydrogen) atoms. The van der Waals surface area contributed by atoms with Crippen molar-refractivity contribution in [2.45, 2.75) is 25.5 Å². The quantitative estimate of drug-likeness (QED) is 0.719. The fraction of sp³-hybridized carbons (Fsp3) is 0.455. The summed E-state index contributed by atoms with van der Waals surface area (Å²) in [5.41, 5.74) is 2.32. The van der Waals surface area contributed by atoms with Gasteiger partial charge in [0.05, 0.1) is 6.61 Å². The van der Waals surface area contributed by atoms with Crippen LogP contribution in [0.4, 0.5) is 0 Å². The van der Waals surface area contributed by atoms with Crippen LogP contribution in [0.2, 0.25) is 0 Å². The molecule has 1 aliphatic rings. The number of hydrogen-bond acceptors (Lipinski definition) is 2. The third-order valence-corrected chi connectivity index (χ3v) is 2.60. The summed E-state index contributed by atoms with van der Waals surface area (Å²) in [6.07, 6.45) is 2.48. The lowest BCUT2D eigenvalue weighted by molar-refractivity contribution is 0.281. The molecule has 0 saturated carbocycles. The molecule has 2 nitrogen and oxygen atoms in total. The minimum atomic E-state index is 0.139. The van der Waals surface area contributed by atoms with Gasteiger partial charge in [0, 0.05) is 6.04 Å².